The summed E-state index contributed by atoms with van der Waals surface area (Å²) in [6, 6.07) is 29.4. The maximum atomic E-state index is 12.7. The van der Waals surface area contributed by atoms with Gasteiger partial charge in [-0.2, -0.15) is 0 Å². The van der Waals surface area contributed by atoms with Crippen LogP contribution in [0.4, 0.5) is 0 Å². The molecule has 0 radical (unpaired) electrons. The molecule has 1 heterocycles. The molecule has 0 unspecified atom stereocenters. The summed E-state index contributed by atoms with van der Waals surface area (Å²) < 4.78 is 6.70. The fourth-order valence-electron chi connectivity index (χ4n) is 4.83. The molecule has 2 nitrogen and oxygen atoms in total. The SMILES string of the molecule is CC(C)(C)c1ccc(C(=O)CCCP2CCC(OC(c3ccccc3)c3ccccc3)CC2)cc1. The van der Waals surface area contributed by atoms with Crippen LogP contribution in [0.15, 0.2) is 84.9 Å². The Kier molecular flexibility index (Phi) is 8.93. The van der Waals surface area contributed by atoms with Gasteiger partial charge in [-0.25, -0.2) is 0 Å². The number of carbonyl (C=O) groups excluding carboxylic acids is 1. The third kappa shape index (κ3) is 7.35. The van der Waals surface area contributed by atoms with Crippen molar-refractivity contribution in [3.63, 3.8) is 0 Å². The van der Waals surface area contributed by atoms with Gasteiger partial charge < -0.3 is 4.74 Å². The molecule has 35 heavy (non-hydrogen) atoms. The molecule has 4 rings (SSSR count). The number of carbonyl (C=O) groups is 1. The number of hydrogen-bond acceptors (Lipinski definition) is 2. The second-order valence-corrected chi connectivity index (χ2v) is 13.4. The van der Waals surface area contributed by atoms with Crippen molar-refractivity contribution in [2.45, 2.75) is 64.1 Å². The first-order valence-electron chi connectivity index (χ1n) is 13.0. The standard InChI is InChI=1S/C32H39O2P/c1-32(2,3)28-18-16-25(17-19-28)30(33)15-10-22-35-23-20-29(21-24-35)34-31(26-11-6-4-7-12-26)27-13-8-5-9-14-27/h4-9,11-14,16-19,29,31H,10,15,20-24H2,1-3H3. The molecule has 184 valence electrons. The van der Waals surface area contributed by atoms with Gasteiger partial charge in [0.15, 0.2) is 5.78 Å². The van der Waals surface area contributed by atoms with Crippen LogP contribution in [0.5, 0.6) is 0 Å². The summed E-state index contributed by atoms with van der Waals surface area (Å²) in [6.45, 7) is 6.61. The van der Waals surface area contributed by atoms with Crippen LogP contribution in [0.1, 0.15) is 79.6 Å². The Labute approximate surface area is 212 Å². The topological polar surface area (TPSA) is 26.3 Å². The molecule has 1 fully saturated rings. The molecule has 0 amide bonds. The minimum absolute atomic E-state index is 0.00554. The zero-order valence-corrected chi connectivity index (χ0v) is 22.3. The molecule has 0 aliphatic carbocycles. The van der Waals surface area contributed by atoms with E-state index in [0.717, 1.165) is 24.8 Å². The summed E-state index contributed by atoms with van der Waals surface area (Å²) >= 11 is 0. The van der Waals surface area contributed by atoms with Gasteiger partial charge in [0.1, 0.15) is 6.10 Å². The number of ketones is 1. The van der Waals surface area contributed by atoms with Gasteiger partial charge in [0.2, 0.25) is 0 Å². The first-order chi connectivity index (χ1) is 16.9. The Hall–Kier alpha value is -2.28. The van der Waals surface area contributed by atoms with E-state index in [1.807, 2.05) is 12.1 Å². The maximum Gasteiger partial charge on any atom is 0.162 e. The zero-order valence-electron chi connectivity index (χ0n) is 21.5. The van der Waals surface area contributed by atoms with Gasteiger partial charge >= 0.3 is 0 Å². The fraction of sp³-hybridized carbons (Fsp3) is 0.406. The van der Waals surface area contributed by atoms with Gasteiger partial charge in [0.25, 0.3) is 0 Å². The molecule has 0 aromatic heterocycles. The Balaban J connectivity index is 1.24. The highest BCUT2D eigenvalue weighted by Crippen LogP contribution is 2.44. The first-order valence-corrected chi connectivity index (χ1v) is 14.9. The Morgan fingerprint density at radius 2 is 1.40 bits per heavy atom. The van der Waals surface area contributed by atoms with Crippen molar-refractivity contribution >= 4 is 13.7 Å². The highest BCUT2D eigenvalue weighted by molar-refractivity contribution is 7.57. The van der Waals surface area contributed by atoms with Crippen LogP contribution in [0, 0.1) is 0 Å². The summed E-state index contributed by atoms with van der Waals surface area (Å²) in [5, 5.41) is 0. The van der Waals surface area contributed by atoms with Crippen LogP contribution < -0.4 is 0 Å². The van der Waals surface area contributed by atoms with Crippen molar-refractivity contribution < 1.29 is 9.53 Å². The maximum absolute atomic E-state index is 12.7. The quantitative estimate of drug-likeness (QED) is 0.224. The highest BCUT2D eigenvalue weighted by atomic mass is 31.1. The van der Waals surface area contributed by atoms with Gasteiger partial charge in [-0.3, -0.25) is 4.79 Å². The molecule has 3 aromatic rings. The number of Topliss-reactive ketones (excluding diaryl/α,β-unsaturated/α-hetero) is 1. The van der Waals surface area contributed by atoms with E-state index in [-0.39, 0.29) is 25.2 Å². The fourth-order valence-corrected chi connectivity index (χ4v) is 7.41. The minimum atomic E-state index is -0.00554. The molecule has 0 atom stereocenters. The molecule has 3 aromatic carbocycles. The van der Waals surface area contributed by atoms with Crippen molar-refractivity contribution in [2.75, 3.05) is 18.5 Å². The van der Waals surface area contributed by atoms with E-state index in [4.69, 9.17) is 4.74 Å². The van der Waals surface area contributed by atoms with Crippen LogP contribution in [-0.2, 0) is 10.2 Å². The van der Waals surface area contributed by atoms with E-state index in [1.54, 1.807) is 0 Å². The predicted octanol–water partition coefficient (Wildman–Crippen LogP) is 8.40. The van der Waals surface area contributed by atoms with Gasteiger partial charge in [-0.05, 0) is 59.9 Å². The summed E-state index contributed by atoms with van der Waals surface area (Å²) in [7, 11) is 0.0158. The van der Waals surface area contributed by atoms with Gasteiger partial charge in [0.05, 0.1) is 6.10 Å². The third-order valence-electron chi connectivity index (χ3n) is 7.02. The smallest absolute Gasteiger partial charge is 0.162 e. The van der Waals surface area contributed by atoms with Crippen LogP contribution >= 0.6 is 7.92 Å². The number of benzene rings is 3. The van der Waals surface area contributed by atoms with Crippen molar-refractivity contribution in [2.24, 2.45) is 0 Å². The van der Waals surface area contributed by atoms with E-state index in [1.165, 1.54) is 35.2 Å². The Morgan fingerprint density at radius 3 is 1.91 bits per heavy atom. The molecular formula is C32H39O2P. The average molecular weight is 487 g/mol. The highest BCUT2D eigenvalue weighted by Gasteiger charge is 2.25. The first kappa shape index (κ1) is 25.8. The molecule has 0 N–H and O–H groups in total. The predicted molar refractivity (Wildman–Crippen MR) is 149 cm³/mol. The monoisotopic (exact) mass is 486 g/mol. The van der Waals surface area contributed by atoms with E-state index < -0.39 is 0 Å². The lowest BCUT2D eigenvalue weighted by Gasteiger charge is -2.32. The van der Waals surface area contributed by atoms with Crippen molar-refractivity contribution in [3.05, 3.63) is 107 Å². The molecule has 0 bridgehead atoms. The van der Waals surface area contributed by atoms with E-state index in [9.17, 15) is 4.79 Å². The molecule has 0 spiro atoms. The van der Waals surface area contributed by atoms with E-state index in [0.29, 0.717) is 12.5 Å². The Bertz CT molecular complexity index is 1010. The van der Waals surface area contributed by atoms with Gasteiger partial charge in [-0.1, -0.05) is 106 Å². The third-order valence-corrected chi connectivity index (χ3v) is 9.75. The summed E-state index contributed by atoms with van der Waals surface area (Å²) in [6.07, 6.45) is 7.94. The number of ether oxygens (including phenoxy) is 1. The molecular weight excluding hydrogens is 447 g/mol. The summed E-state index contributed by atoms with van der Waals surface area (Å²) in [5.41, 5.74) is 4.70. The normalized spacial score (nSPS) is 18.5. The molecule has 1 saturated heterocycles. The van der Waals surface area contributed by atoms with Crippen molar-refractivity contribution in [1.29, 1.82) is 0 Å². The molecule has 1 aliphatic heterocycles. The lowest BCUT2D eigenvalue weighted by Crippen LogP contribution is -2.24. The molecule has 1 aliphatic rings. The van der Waals surface area contributed by atoms with Crippen LogP contribution in [-0.4, -0.2) is 30.4 Å². The lowest BCUT2D eigenvalue weighted by atomic mass is 9.86. The summed E-state index contributed by atoms with van der Waals surface area (Å²) in [4.78, 5) is 12.7. The average Bonchev–Trinajstić information content (AvgIpc) is 2.88. The molecule has 3 heteroatoms. The molecule has 0 saturated carbocycles. The van der Waals surface area contributed by atoms with Crippen LogP contribution in [0.3, 0.4) is 0 Å². The lowest BCUT2D eigenvalue weighted by molar-refractivity contribution is 0.00345. The van der Waals surface area contributed by atoms with E-state index in [2.05, 4.69) is 93.6 Å². The minimum Gasteiger partial charge on any atom is -0.366 e. The van der Waals surface area contributed by atoms with Gasteiger partial charge in [0, 0.05) is 12.0 Å². The van der Waals surface area contributed by atoms with Crippen LogP contribution in [0.2, 0.25) is 0 Å². The largest absolute Gasteiger partial charge is 0.366 e. The van der Waals surface area contributed by atoms with Crippen molar-refractivity contribution in [1.82, 2.24) is 0 Å². The zero-order chi connectivity index (χ0) is 24.7. The van der Waals surface area contributed by atoms with Crippen molar-refractivity contribution in [3.8, 4) is 0 Å². The second-order valence-electron chi connectivity index (χ2n) is 10.7. The Morgan fingerprint density at radius 1 is 0.857 bits per heavy atom. The second kappa shape index (κ2) is 12.1. The summed E-state index contributed by atoms with van der Waals surface area (Å²) in [5.74, 6) is 0.284. The number of rotatable bonds is 9. The van der Waals surface area contributed by atoms with Gasteiger partial charge in [-0.15, -0.1) is 7.92 Å². The van der Waals surface area contributed by atoms with E-state index >= 15 is 0 Å². The van der Waals surface area contributed by atoms with Crippen LogP contribution in [0.25, 0.3) is 0 Å². The number of hydrogen-bond donors (Lipinski definition) is 0.